The van der Waals surface area contributed by atoms with E-state index in [4.69, 9.17) is 12.2 Å². The lowest BCUT2D eigenvalue weighted by atomic mass is 10.1. The van der Waals surface area contributed by atoms with Gasteiger partial charge in [-0.25, -0.2) is 4.39 Å². The van der Waals surface area contributed by atoms with Gasteiger partial charge >= 0.3 is 0 Å². The minimum atomic E-state index is -0.210. The van der Waals surface area contributed by atoms with Gasteiger partial charge in [0, 0.05) is 12.2 Å². The van der Waals surface area contributed by atoms with E-state index in [0.717, 1.165) is 17.7 Å². The number of rotatable bonds is 4. The minimum absolute atomic E-state index is 0.210. The highest BCUT2D eigenvalue weighted by atomic mass is 32.1. The van der Waals surface area contributed by atoms with Gasteiger partial charge in [-0.2, -0.15) is 0 Å². The Morgan fingerprint density at radius 3 is 2.60 bits per heavy atom. The van der Waals surface area contributed by atoms with E-state index in [1.54, 1.807) is 12.1 Å². The van der Waals surface area contributed by atoms with E-state index in [2.05, 4.69) is 10.6 Å². The average molecular weight is 288 g/mol. The molecule has 0 spiro atoms. The maximum atomic E-state index is 12.8. The van der Waals surface area contributed by atoms with Crippen molar-refractivity contribution in [1.29, 1.82) is 0 Å². The standard InChI is InChI=1S/C16H17FN2S/c1-12-3-2-4-15(11-12)19-16(20)18-10-9-13-5-7-14(17)8-6-13/h2-8,11H,9-10H2,1H3,(H2,18,19,20). The molecule has 0 heterocycles. The largest absolute Gasteiger partial charge is 0.362 e. The quantitative estimate of drug-likeness (QED) is 0.840. The zero-order valence-corrected chi connectivity index (χ0v) is 12.1. The average Bonchev–Trinajstić information content (AvgIpc) is 2.41. The van der Waals surface area contributed by atoms with E-state index in [1.165, 1.54) is 17.7 Å². The molecule has 0 aliphatic carbocycles. The Bertz CT molecular complexity index is 581. The highest BCUT2D eigenvalue weighted by Crippen LogP contribution is 2.09. The number of anilines is 1. The fourth-order valence-electron chi connectivity index (χ4n) is 1.87. The lowest BCUT2D eigenvalue weighted by Gasteiger charge is -2.11. The Labute approximate surface area is 124 Å². The molecule has 2 aromatic carbocycles. The van der Waals surface area contributed by atoms with Crippen LogP contribution >= 0.6 is 12.2 Å². The normalized spacial score (nSPS) is 10.1. The maximum Gasteiger partial charge on any atom is 0.170 e. The van der Waals surface area contributed by atoms with Crippen LogP contribution in [0.15, 0.2) is 48.5 Å². The molecule has 2 N–H and O–H groups in total. The summed E-state index contributed by atoms with van der Waals surface area (Å²) in [4.78, 5) is 0. The number of halogens is 1. The molecule has 0 saturated heterocycles. The Balaban J connectivity index is 1.76. The zero-order valence-electron chi connectivity index (χ0n) is 11.3. The van der Waals surface area contributed by atoms with Gasteiger partial charge in [-0.15, -0.1) is 0 Å². The van der Waals surface area contributed by atoms with Gasteiger partial charge in [0.05, 0.1) is 0 Å². The second kappa shape index (κ2) is 7.01. The van der Waals surface area contributed by atoms with E-state index in [1.807, 2.05) is 31.2 Å². The Kier molecular flexibility index (Phi) is 5.07. The molecule has 0 aromatic heterocycles. The van der Waals surface area contributed by atoms with Crippen LogP contribution in [0.5, 0.6) is 0 Å². The number of nitrogens with one attached hydrogen (secondary N) is 2. The van der Waals surface area contributed by atoms with Crippen LogP contribution in [0.25, 0.3) is 0 Å². The van der Waals surface area contributed by atoms with Gasteiger partial charge in [-0.1, -0.05) is 24.3 Å². The summed E-state index contributed by atoms with van der Waals surface area (Å²) in [5, 5.41) is 6.87. The predicted molar refractivity (Wildman–Crippen MR) is 85.5 cm³/mol. The first-order valence-corrected chi connectivity index (χ1v) is 6.90. The third-order valence-corrected chi connectivity index (χ3v) is 3.13. The molecule has 0 unspecified atom stereocenters. The van der Waals surface area contributed by atoms with Gasteiger partial charge in [0.1, 0.15) is 5.82 Å². The highest BCUT2D eigenvalue weighted by Gasteiger charge is 1.98. The molecule has 4 heteroatoms. The van der Waals surface area contributed by atoms with Crippen molar-refractivity contribution < 1.29 is 4.39 Å². The van der Waals surface area contributed by atoms with E-state index in [9.17, 15) is 4.39 Å². The monoisotopic (exact) mass is 288 g/mol. The summed E-state index contributed by atoms with van der Waals surface area (Å²) in [6.45, 7) is 2.75. The van der Waals surface area contributed by atoms with E-state index >= 15 is 0 Å². The van der Waals surface area contributed by atoms with Gasteiger partial charge in [0.15, 0.2) is 5.11 Å². The Morgan fingerprint density at radius 1 is 1.15 bits per heavy atom. The molecule has 0 amide bonds. The van der Waals surface area contributed by atoms with Crippen LogP contribution < -0.4 is 10.6 Å². The number of aryl methyl sites for hydroxylation is 1. The van der Waals surface area contributed by atoms with Crippen LogP contribution in [-0.4, -0.2) is 11.7 Å². The van der Waals surface area contributed by atoms with Crippen molar-refractivity contribution in [3.63, 3.8) is 0 Å². The zero-order chi connectivity index (χ0) is 14.4. The molecule has 0 atom stereocenters. The molecule has 0 saturated carbocycles. The summed E-state index contributed by atoms with van der Waals surface area (Å²) in [6.07, 6.45) is 0.802. The lowest BCUT2D eigenvalue weighted by Crippen LogP contribution is -2.30. The van der Waals surface area contributed by atoms with Crippen LogP contribution in [0, 0.1) is 12.7 Å². The molecule has 0 radical (unpaired) electrons. The highest BCUT2D eigenvalue weighted by molar-refractivity contribution is 7.80. The summed E-state index contributed by atoms with van der Waals surface area (Å²) in [6, 6.07) is 14.5. The van der Waals surface area contributed by atoms with E-state index in [-0.39, 0.29) is 5.82 Å². The van der Waals surface area contributed by atoms with Crippen molar-refractivity contribution in [3.05, 3.63) is 65.5 Å². The molecule has 0 aliphatic heterocycles. The number of benzene rings is 2. The molecular weight excluding hydrogens is 271 g/mol. The van der Waals surface area contributed by atoms with Crippen molar-refractivity contribution in [1.82, 2.24) is 5.32 Å². The second-order valence-corrected chi connectivity index (χ2v) is 5.04. The lowest BCUT2D eigenvalue weighted by molar-refractivity contribution is 0.627. The summed E-state index contributed by atoms with van der Waals surface area (Å²) in [7, 11) is 0. The Morgan fingerprint density at radius 2 is 1.90 bits per heavy atom. The molecule has 0 bridgehead atoms. The van der Waals surface area contributed by atoms with Gasteiger partial charge < -0.3 is 10.6 Å². The third-order valence-electron chi connectivity index (χ3n) is 2.89. The predicted octanol–water partition coefficient (Wildman–Crippen LogP) is 3.66. The van der Waals surface area contributed by atoms with Crippen LogP contribution in [0.2, 0.25) is 0 Å². The van der Waals surface area contributed by atoms with Gasteiger partial charge in [-0.05, 0) is 61.0 Å². The number of thiocarbonyl (C=S) groups is 1. The summed E-state index contributed by atoms with van der Waals surface area (Å²) >= 11 is 5.23. The molecule has 104 valence electrons. The van der Waals surface area contributed by atoms with Gasteiger partial charge in [0.2, 0.25) is 0 Å². The summed E-state index contributed by atoms with van der Waals surface area (Å²) < 4.78 is 12.8. The van der Waals surface area contributed by atoms with E-state index in [0.29, 0.717) is 11.7 Å². The fourth-order valence-corrected chi connectivity index (χ4v) is 2.09. The van der Waals surface area contributed by atoms with Gasteiger partial charge in [0.25, 0.3) is 0 Å². The first-order chi connectivity index (χ1) is 9.63. The van der Waals surface area contributed by atoms with Crippen LogP contribution in [0.1, 0.15) is 11.1 Å². The van der Waals surface area contributed by atoms with Crippen LogP contribution in [0.4, 0.5) is 10.1 Å². The summed E-state index contributed by atoms with van der Waals surface area (Å²) in [5.74, 6) is -0.210. The summed E-state index contributed by atoms with van der Waals surface area (Å²) in [5.41, 5.74) is 3.24. The van der Waals surface area contributed by atoms with Crippen molar-refractivity contribution in [2.75, 3.05) is 11.9 Å². The van der Waals surface area contributed by atoms with Crippen LogP contribution in [-0.2, 0) is 6.42 Å². The van der Waals surface area contributed by atoms with E-state index < -0.39 is 0 Å². The Hall–Kier alpha value is -1.94. The van der Waals surface area contributed by atoms with Crippen molar-refractivity contribution in [3.8, 4) is 0 Å². The topological polar surface area (TPSA) is 24.1 Å². The fraction of sp³-hybridized carbons (Fsp3) is 0.188. The SMILES string of the molecule is Cc1cccc(NC(=S)NCCc2ccc(F)cc2)c1. The first-order valence-electron chi connectivity index (χ1n) is 6.49. The molecule has 2 nitrogen and oxygen atoms in total. The molecule has 2 aromatic rings. The molecule has 2 rings (SSSR count). The number of hydrogen-bond donors (Lipinski definition) is 2. The van der Waals surface area contributed by atoms with Crippen LogP contribution in [0.3, 0.4) is 0 Å². The molecule has 20 heavy (non-hydrogen) atoms. The third kappa shape index (κ3) is 4.63. The molecule has 0 aliphatic rings. The first kappa shape index (κ1) is 14.5. The minimum Gasteiger partial charge on any atom is -0.362 e. The van der Waals surface area contributed by atoms with Crippen molar-refractivity contribution in [2.45, 2.75) is 13.3 Å². The second-order valence-electron chi connectivity index (χ2n) is 4.63. The molecule has 0 fully saturated rings. The van der Waals surface area contributed by atoms with Gasteiger partial charge in [-0.3, -0.25) is 0 Å². The van der Waals surface area contributed by atoms with Crippen molar-refractivity contribution >= 4 is 23.0 Å². The molecular formula is C16H17FN2S. The van der Waals surface area contributed by atoms with Crippen molar-refractivity contribution in [2.24, 2.45) is 0 Å². The smallest absolute Gasteiger partial charge is 0.170 e. The number of hydrogen-bond acceptors (Lipinski definition) is 1. The maximum absolute atomic E-state index is 12.8.